The van der Waals surface area contributed by atoms with E-state index in [1.807, 2.05) is 19.9 Å². The minimum absolute atomic E-state index is 0.0594. The van der Waals surface area contributed by atoms with Crippen molar-refractivity contribution < 1.29 is 15.0 Å². The first-order valence-corrected chi connectivity index (χ1v) is 9.70. The van der Waals surface area contributed by atoms with Gasteiger partial charge in [-0.2, -0.15) is 0 Å². The molecule has 3 heteroatoms. The molecule has 4 rings (SSSR count). The number of carbonyl (C=O) groups is 1. The van der Waals surface area contributed by atoms with Gasteiger partial charge in [-0.1, -0.05) is 19.4 Å². The van der Waals surface area contributed by atoms with Crippen LogP contribution in [0.15, 0.2) is 11.6 Å². The van der Waals surface area contributed by atoms with Crippen molar-refractivity contribution in [2.75, 3.05) is 0 Å². The van der Waals surface area contributed by atoms with E-state index in [-0.39, 0.29) is 22.5 Å². The Kier molecular flexibility index (Phi) is 3.31. The van der Waals surface area contributed by atoms with Crippen LogP contribution in [0.25, 0.3) is 0 Å². The average Bonchev–Trinajstić information content (AvgIpc) is 2.68. The second-order valence-electron chi connectivity index (χ2n) is 10.1. The van der Waals surface area contributed by atoms with Crippen LogP contribution in [0.5, 0.6) is 0 Å². The first-order chi connectivity index (χ1) is 11.0. The van der Waals surface area contributed by atoms with Gasteiger partial charge in [0.1, 0.15) is 0 Å². The zero-order chi connectivity index (χ0) is 17.5. The molecule has 0 saturated heterocycles. The molecule has 0 aromatic heterocycles. The van der Waals surface area contributed by atoms with Crippen LogP contribution in [0.2, 0.25) is 0 Å². The van der Waals surface area contributed by atoms with Crippen molar-refractivity contribution in [3.63, 3.8) is 0 Å². The van der Waals surface area contributed by atoms with Crippen LogP contribution in [0.4, 0.5) is 0 Å². The number of hydrogen-bond acceptors (Lipinski definition) is 3. The smallest absolute Gasteiger partial charge is 0.155 e. The highest BCUT2D eigenvalue weighted by Gasteiger charge is 2.67. The molecule has 0 amide bonds. The fourth-order valence-corrected chi connectivity index (χ4v) is 7.53. The summed E-state index contributed by atoms with van der Waals surface area (Å²) in [5, 5.41) is 22.6. The lowest BCUT2D eigenvalue weighted by molar-refractivity contribution is -0.207. The van der Waals surface area contributed by atoms with Crippen LogP contribution in [-0.2, 0) is 4.79 Å². The summed E-state index contributed by atoms with van der Waals surface area (Å²) in [6.45, 7) is 8.45. The number of aliphatic hydroxyl groups is 2. The molecule has 0 aromatic carbocycles. The molecular weight excluding hydrogens is 300 g/mol. The molecule has 0 heterocycles. The van der Waals surface area contributed by atoms with Crippen LogP contribution < -0.4 is 0 Å². The molecule has 0 radical (unpaired) electrons. The highest BCUT2D eigenvalue weighted by molar-refractivity contribution is 5.91. The fraction of sp³-hybridized carbons (Fsp3) is 0.857. The predicted octanol–water partition coefficient (Wildman–Crippen LogP) is 3.63. The van der Waals surface area contributed by atoms with Gasteiger partial charge in [0.2, 0.25) is 0 Å². The van der Waals surface area contributed by atoms with E-state index in [1.54, 1.807) is 0 Å². The maximum atomic E-state index is 11.9. The summed E-state index contributed by atoms with van der Waals surface area (Å²) in [5.74, 6) is 1.38. The fourth-order valence-electron chi connectivity index (χ4n) is 7.53. The van der Waals surface area contributed by atoms with Crippen LogP contribution in [-0.4, -0.2) is 27.2 Å². The molecule has 24 heavy (non-hydrogen) atoms. The van der Waals surface area contributed by atoms with Crippen molar-refractivity contribution in [3.05, 3.63) is 11.6 Å². The van der Waals surface area contributed by atoms with Gasteiger partial charge in [0.15, 0.2) is 5.78 Å². The maximum absolute atomic E-state index is 11.9. The second-order valence-corrected chi connectivity index (χ2v) is 10.1. The Morgan fingerprint density at radius 2 is 1.75 bits per heavy atom. The topological polar surface area (TPSA) is 57.5 Å². The van der Waals surface area contributed by atoms with Gasteiger partial charge >= 0.3 is 0 Å². The molecule has 3 nitrogen and oxygen atoms in total. The normalized spacial score (nSPS) is 57.0. The highest BCUT2D eigenvalue weighted by atomic mass is 16.3. The Hall–Kier alpha value is -0.670. The monoisotopic (exact) mass is 332 g/mol. The number of rotatable bonds is 0. The van der Waals surface area contributed by atoms with Crippen molar-refractivity contribution in [3.8, 4) is 0 Å². The van der Waals surface area contributed by atoms with E-state index in [0.717, 1.165) is 32.1 Å². The average molecular weight is 332 g/mol. The van der Waals surface area contributed by atoms with Gasteiger partial charge in [-0.05, 0) is 81.6 Å². The van der Waals surface area contributed by atoms with E-state index < -0.39 is 11.2 Å². The lowest BCUT2D eigenvalue weighted by Gasteiger charge is -2.64. The Labute approximate surface area is 145 Å². The van der Waals surface area contributed by atoms with Gasteiger partial charge in [-0.15, -0.1) is 0 Å². The predicted molar refractivity (Wildman–Crippen MR) is 93.3 cm³/mol. The standard InChI is InChI=1S/C21H32O3/c1-18-9-7-14(22)11-13(18)5-6-15-16-8-10-21(4,24)19(16,2)12-20(3,23)17(15)18/h11,15-17,23-24H,5-10,12H2,1-4H3/t15?,16?,17?,18?,19?,20-,21-/m0/s1. The molecule has 0 spiro atoms. The van der Waals surface area contributed by atoms with Crippen LogP contribution >= 0.6 is 0 Å². The summed E-state index contributed by atoms with van der Waals surface area (Å²) in [6.07, 6.45) is 7.96. The van der Waals surface area contributed by atoms with Crippen molar-refractivity contribution in [1.82, 2.24) is 0 Å². The number of carbonyl (C=O) groups excluding carboxylic acids is 1. The molecule has 2 N–H and O–H groups in total. The van der Waals surface area contributed by atoms with E-state index in [2.05, 4.69) is 13.8 Å². The number of ketones is 1. The molecule has 5 unspecified atom stereocenters. The molecule has 0 aromatic rings. The minimum atomic E-state index is -0.793. The lowest BCUT2D eigenvalue weighted by Crippen LogP contribution is -2.63. The molecule has 4 aliphatic rings. The van der Waals surface area contributed by atoms with Gasteiger partial charge in [0.25, 0.3) is 0 Å². The summed E-state index contributed by atoms with van der Waals surface area (Å²) in [4.78, 5) is 11.9. The SMILES string of the molecule is CC12CCC(=O)C=C1CCC1C3CC[C@](C)(O)C3(C)C[C@](C)(O)C12. The Balaban J connectivity index is 1.81. The second kappa shape index (κ2) is 4.73. The summed E-state index contributed by atoms with van der Waals surface area (Å²) in [5.41, 5.74) is -0.477. The van der Waals surface area contributed by atoms with Crippen LogP contribution in [0.3, 0.4) is 0 Å². The van der Waals surface area contributed by atoms with Gasteiger partial charge in [-0.25, -0.2) is 0 Å². The van der Waals surface area contributed by atoms with E-state index in [9.17, 15) is 15.0 Å². The molecule has 4 aliphatic carbocycles. The Morgan fingerprint density at radius 1 is 1.04 bits per heavy atom. The quantitative estimate of drug-likeness (QED) is 0.712. The highest BCUT2D eigenvalue weighted by Crippen LogP contribution is 2.69. The number of allylic oxidation sites excluding steroid dienone is 1. The number of hydrogen-bond donors (Lipinski definition) is 2. The largest absolute Gasteiger partial charge is 0.390 e. The Bertz CT molecular complexity index is 617. The third-order valence-electron chi connectivity index (χ3n) is 8.72. The summed E-state index contributed by atoms with van der Waals surface area (Å²) >= 11 is 0. The summed E-state index contributed by atoms with van der Waals surface area (Å²) in [6, 6.07) is 0. The summed E-state index contributed by atoms with van der Waals surface area (Å²) < 4.78 is 0. The van der Waals surface area contributed by atoms with Crippen molar-refractivity contribution in [2.45, 2.75) is 83.8 Å². The molecule has 7 atom stereocenters. The third-order valence-corrected chi connectivity index (χ3v) is 8.72. The van der Waals surface area contributed by atoms with Crippen molar-refractivity contribution >= 4 is 5.78 Å². The van der Waals surface area contributed by atoms with E-state index in [1.165, 1.54) is 5.57 Å². The van der Waals surface area contributed by atoms with Crippen LogP contribution in [0.1, 0.15) is 72.6 Å². The Morgan fingerprint density at radius 3 is 2.46 bits per heavy atom. The lowest BCUT2D eigenvalue weighted by atomic mass is 9.42. The van der Waals surface area contributed by atoms with Crippen molar-refractivity contribution in [1.29, 1.82) is 0 Å². The first kappa shape index (κ1) is 16.8. The van der Waals surface area contributed by atoms with Gasteiger partial charge in [-0.3, -0.25) is 4.79 Å². The zero-order valence-electron chi connectivity index (χ0n) is 15.6. The molecule has 134 valence electrons. The third kappa shape index (κ3) is 1.94. The molecular formula is C21H32O3. The number of fused-ring (bicyclic) bond motifs is 5. The molecule has 0 aliphatic heterocycles. The van der Waals surface area contributed by atoms with Gasteiger partial charge < -0.3 is 10.2 Å². The van der Waals surface area contributed by atoms with Gasteiger partial charge in [0, 0.05) is 11.8 Å². The first-order valence-electron chi connectivity index (χ1n) is 9.70. The molecule has 3 fully saturated rings. The van der Waals surface area contributed by atoms with Crippen molar-refractivity contribution in [2.24, 2.45) is 28.6 Å². The van der Waals surface area contributed by atoms with E-state index >= 15 is 0 Å². The minimum Gasteiger partial charge on any atom is -0.390 e. The van der Waals surface area contributed by atoms with E-state index in [4.69, 9.17) is 0 Å². The van der Waals surface area contributed by atoms with E-state index in [0.29, 0.717) is 24.7 Å². The molecule has 0 bridgehead atoms. The van der Waals surface area contributed by atoms with Crippen LogP contribution in [0, 0.1) is 28.6 Å². The molecule has 3 saturated carbocycles. The zero-order valence-corrected chi connectivity index (χ0v) is 15.6. The summed E-state index contributed by atoms with van der Waals surface area (Å²) in [7, 11) is 0. The van der Waals surface area contributed by atoms with Gasteiger partial charge in [0.05, 0.1) is 11.2 Å². The maximum Gasteiger partial charge on any atom is 0.155 e.